The summed E-state index contributed by atoms with van der Waals surface area (Å²) in [5.74, 6) is -0.424. The van der Waals surface area contributed by atoms with E-state index >= 15 is 0 Å². The molecule has 52 valence electrons. The highest BCUT2D eigenvalue weighted by atomic mass is 16.1. The van der Waals surface area contributed by atoms with Gasteiger partial charge in [0.15, 0.2) is 0 Å². The van der Waals surface area contributed by atoms with Gasteiger partial charge in [0, 0.05) is 0 Å². The lowest BCUT2D eigenvalue weighted by Gasteiger charge is -2.04. The van der Waals surface area contributed by atoms with E-state index < -0.39 is 5.91 Å². The van der Waals surface area contributed by atoms with Crippen LogP contribution >= 0.6 is 0 Å². The molecule has 0 fully saturated rings. The Morgan fingerprint density at radius 2 is 2.44 bits per heavy atom. The highest BCUT2D eigenvalue weighted by Crippen LogP contribution is 1.68. The first kappa shape index (κ1) is 8.13. The SMILES string of the molecule is C=CC(N)NCC(N)=O. The first-order chi connectivity index (χ1) is 4.16. The average molecular weight is 129 g/mol. The van der Waals surface area contributed by atoms with Crippen LogP contribution in [0.5, 0.6) is 0 Å². The van der Waals surface area contributed by atoms with Gasteiger partial charge in [-0.15, -0.1) is 6.58 Å². The van der Waals surface area contributed by atoms with Crippen molar-refractivity contribution in [3.8, 4) is 0 Å². The summed E-state index contributed by atoms with van der Waals surface area (Å²) in [5, 5.41) is 2.62. The molecule has 0 aromatic heterocycles. The minimum Gasteiger partial charge on any atom is -0.369 e. The van der Waals surface area contributed by atoms with Crippen LogP contribution in [0, 0.1) is 0 Å². The molecule has 0 aliphatic heterocycles. The monoisotopic (exact) mass is 129 g/mol. The zero-order valence-corrected chi connectivity index (χ0v) is 5.13. The molecule has 0 aliphatic carbocycles. The average Bonchev–Trinajstić information content (AvgIpc) is 1.83. The number of amides is 1. The molecule has 0 radical (unpaired) electrons. The zero-order chi connectivity index (χ0) is 7.28. The number of carbonyl (C=O) groups excluding carboxylic acids is 1. The lowest BCUT2D eigenvalue weighted by molar-refractivity contribution is -0.117. The van der Waals surface area contributed by atoms with Crippen molar-refractivity contribution >= 4 is 5.91 Å². The maximum atomic E-state index is 10.1. The Hall–Kier alpha value is -0.870. The molecule has 4 nitrogen and oxygen atoms in total. The maximum Gasteiger partial charge on any atom is 0.231 e. The summed E-state index contributed by atoms with van der Waals surface area (Å²) in [7, 11) is 0. The smallest absolute Gasteiger partial charge is 0.231 e. The van der Waals surface area contributed by atoms with E-state index in [0.29, 0.717) is 0 Å². The molecule has 0 saturated heterocycles. The minimum absolute atomic E-state index is 0.0905. The number of hydrogen-bond donors (Lipinski definition) is 3. The molecule has 5 N–H and O–H groups in total. The van der Waals surface area contributed by atoms with E-state index in [4.69, 9.17) is 11.5 Å². The third-order valence-corrected chi connectivity index (χ3v) is 0.766. The van der Waals surface area contributed by atoms with Crippen LogP contribution in [0.25, 0.3) is 0 Å². The Bertz CT molecular complexity index is 113. The molecule has 0 spiro atoms. The summed E-state index contributed by atoms with van der Waals surface area (Å²) < 4.78 is 0. The molecule has 0 bridgehead atoms. The van der Waals surface area contributed by atoms with Crippen LogP contribution in [0.15, 0.2) is 12.7 Å². The summed E-state index contributed by atoms with van der Waals surface area (Å²) in [6.07, 6.45) is 1.14. The molecular formula is C5H11N3O. The van der Waals surface area contributed by atoms with E-state index in [1.54, 1.807) is 0 Å². The van der Waals surface area contributed by atoms with Crippen molar-refractivity contribution in [2.24, 2.45) is 11.5 Å². The predicted molar refractivity (Wildman–Crippen MR) is 35.4 cm³/mol. The molecule has 0 aromatic carbocycles. The Balaban J connectivity index is 3.26. The molecule has 0 aliphatic rings. The van der Waals surface area contributed by atoms with E-state index in [1.807, 2.05) is 0 Å². The van der Waals surface area contributed by atoms with Crippen LogP contribution in [0.2, 0.25) is 0 Å². The van der Waals surface area contributed by atoms with Gasteiger partial charge in [-0.2, -0.15) is 0 Å². The number of rotatable bonds is 4. The number of nitrogens with two attached hydrogens (primary N) is 2. The fourth-order valence-electron chi connectivity index (χ4n) is 0.302. The van der Waals surface area contributed by atoms with Crippen LogP contribution in [-0.4, -0.2) is 18.6 Å². The Labute approximate surface area is 53.9 Å². The molecule has 1 atom stereocenters. The first-order valence-electron chi connectivity index (χ1n) is 2.56. The van der Waals surface area contributed by atoms with E-state index in [-0.39, 0.29) is 12.7 Å². The Morgan fingerprint density at radius 3 is 2.78 bits per heavy atom. The fourth-order valence-corrected chi connectivity index (χ4v) is 0.302. The highest BCUT2D eigenvalue weighted by molar-refractivity contribution is 5.75. The largest absolute Gasteiger partial charge is 0.369 e. The topological polar surface area (TPSA) is 81.1 Å². The van der Waals surface area contributed by atoms with E-state index in [9.17, 15) is 4.79 Å². The first-order valence-corrected chi connectivity index (χ1v) is 2.56. The second-order valence-electron chi connectivity index (χ2n) is 1.61. The van der Waals surface area contributed by atoms with Crippen molar-refractivity contribution in [3.63, 3.8) is 0 Å². The fraction of sp³-hybridized carbons (Fsp3) is 0.400. The molecule has 9 heavy (non-hydrogen) atoms. The Morgan fingerprint density at radius 1 is 1.89 bits per heavy atom. The van der Waals surface area contributed by atoms with Gasteiger partial charge < -0.3 is 11.5 Å². The van der Waals surface area contributed by atoms with Gasteiger partial charge in [-0.1, -0.05) is 6.08 Å². The second kappa shape index (κ2) is 4.05. The molecule has 0 aromatic rings. The van der Waals surface area contributed by atoms with E-state index in [2.05, 4.69) is 11.9 Å². The van der Waals surface area contributed by atoms with Gasteiger partial charge >= 0.3 is 0 Å². The van der Waals surface area contributed by atoms with Gasteiger partial charge in [0.25, 0.3) is 0 Å². The van der Waals surface area contributed by atoms with Crippen LogP contribution in [-0.2, 0) is 4.79 Å². The van der Waals surface area contributed by atoms with Crippen molar-refractivity contribution in [1.29, 1.82) is 0 Å². The number of nitrogens with one attached hydrogen (secondary N) is 1. The van der Waals surface area contributed by atoms with E-state index in [0.717, 1.165) is 0 Å². The molecule has 0 saturated carbocycles. The van der Waals surface area contributed by atoms with Crippen molar-refractivity contribution in [1.82, 2.24) is 5.32 Å². The third-order valence-electron chi connectivity index (χ3n) is 0.766. The van der Waals surface area contributed by atoms with Crippen LogP contribution in [0.1, 0.15) is 0 Å². The van der Waals surface area contributed by atoms with Crippen LogP contribution in [0.3, 0.4) is 0 Å². The van der Waals surface area contributed by atoms with Gasteiger partial charge in [0.05, 0.1) is 12.7 Å². The van der Waals surface area contributed by atoms with Crippen LogP contribution in [0.4, 0.5) is 0 Å². The molecule has 1 amide bonds. The van der Waals surface area contributed by atoms with Crippen molar-refractivity contribution in [2.45, 2.75) is 6.17 Å². The standard InChI is InChI=1S/C5H11N3O/c1-2-4(6)8-3-5(7)9/h2,4,8H,1,3,6H2,(H2,7,9). The number of carbonyl (C=O) groups is 1. The summed E-state index contributed by atoms with van der Waals surface area (Å²) in [6, 6.07) is 0. The van der Waals surface area contributed by atoms with Crippen LogP contribution < -0.4 is 16.8 Å². The van der Waals surface area contributed by atoms with Gasteiger partial charge in [-0.05, 0) is 0 Å². The highest BCUT2D eigenvalue weighted by Gasteiger charge is 1.95. The maximum absolute atomic E-state index is 10.1. The lowest BCUT2D eigenvalue weighted by Crippen LogP contribution is -2.40. The third kappa shape index (κ3) is 4.99. The lowest BCUT2D eigenvalue weighted by atomic mass is 10.5. The Kier molecular flexibility index (Phi) is 3.66. The molecule has 1 unspecified atom stereocenters. The quantitative estimate of drug-likeness (QED) is 0.320. The summed E-state index contributed by atoms with van der Waals surface area (Å²) >= 11 is 0. The predicted octanol–water partition coefficient (Wildman–Crippen LogP) is -1.47. The summed E-state index contributed by atoms with van der Waals surface area (Å²) in [6.45, 7) is 3.49. The molecule has 4 heteroatoms. The van der Waals surface area contributed by atoms with Gasteiger partial charge in [-0.3, -0.25) is 10.1 Å². The van der Waals surface area contributed by atoms with E-state index in [1.165, 1.54) is 6.08 Å². The number of primary amides is 1. The summed E-state index contributed by atoms with van der Waals surface area (Å²) in [4.78, 5) is 10.1. The molecule has 0 heterocycles. The number of hydrogen-bond acceptors (Lipinski definition) is 3. The van der Waals surface area contributed by atoms with Crippen molar-refractivity contribution < 1.29 is 4.79 Å². The zero-order valence-electron chi connectivity index (χ0n) is 5.13. The van der Waals surface area contributed by atoms with Crippen molar-refractivity contribution in [2.75, 3.05) is 6.54 Å². The summed E-state index contributed by atoms with van der Waals surface area (Å²) in [5.41, 5.74) is 10.1. The minimum atomic E-state index is -0.424. The van der Waals surface area contributed by atoms with Gasteiger partial charge in [-0.25, -0.2) is 0 Å². The van der Waals surface area contributed by atoms with Gasteiger partial charge in [0.1, 0.15) is 0 Å². The molecular weight excluding hydrogens is 118 g/mol. The normalized spacial score (nSPS) is 12.6. The van der Waals surface area contributed by atoms with Gasteiger partial charge in [0.2, 0.25) is 5.91 Å². The van der Waals surface area contributed by atoms with Crippen molar-refractivity contribution in [3.05, 3.63) is 12.7 Å². The molecule has 0 rings (SSSR count). The second-order valence-corrected chi connectivity index (χ2v) is 1.61.